The van der Waals surface area contributed by atoms with Crippen molar-refractivity contribution in [2.24, 2.45) is 0 Å². The number of benzene rings is 1. The van der Waals surface area contributed by atoms with Crippen molar-refractivity contribution in [3.05, 3.63) is 24.3 Å². The molecule has 0 radical (unpaired) electrons. The van der Waals surface area contributed by atoms with Crippen LogP contribution in [0.2, 0.25) is 0 Å². The predicted molar refractivity (Wildman–Crippen MR) is 79.4 cm³/mol. The molecule has 0 aromatic heterocycles. The molecule has 2 rings (SSSR count). The van der Waals surface area contributed by atoms with Crippen LogP contribution in [0.4, 0.5) is 5.69 Å². The summed E-state index contributed by atoms with van der Waals surface area (Å²) in [5, 5.41) is 9.94. The van der Waals surface area contributed by atoms with Crippen LogP contribution in [0.25, 0.3) is 0 Å². The highest BCUT2D eigenvalue weighted by molar-refractivity contribution is 7.89. The first kappa shape index (κ1) is 15.3. The fraction of sp³-hybridized carbons (Fsp3) is 0.571. The van der Waals surface area contributed by atoms with Gasteiger partial charge in [-0.25, -0.2) is 12.7 Å². The number of rotatable bonds is 3. The minimum Gasteiger partial charge on any atom is -0.390 e. The summed E-state index contributed by atoms with van der Waals surface area (Å²) in [5.41, 5.74) is 0.420. The number of hydrogen-bond acceptors (Lipinski definition) is 4. The second-order valence-corrected chi connectivity index (χ2v) is 7.92. The number of hydrogen-bond donors (Lipinski definition) is 1. The summed E-state index contributed by atoms with van der Waals surface area (Å²) in [6.07, 6.45) is 1.45. The van der Waals surface area contributed by atoms with Crippen molar-refractivity contribution in [1.29, 1.82) is 0 Å². The van der Waals surface area contributed by atoms with Gasteiger partial charge in [0, 0.05) is 32.9 Å². The van der Waals surface area contributed by atoms with Gasteiger partial charge in [-0.1, -0.05) is 0 Å². The van der Waals surface area contributed by atoms with E-state index in [1.54, 1.807) is 12.1 Å². The summed E-state index contributed by atoms with van der Waals surface area (Å²) in [6.45, 7) is 3.43. The van der Waals surface area contributed by atoms with E-state index in [-0.39, 0.29) is 0 Å². The van der Waals surface area contributed by atoms with Gasteiger partial charge in [-0.2, -0.15) is 0 Å². The summed E-state index contributed by atoms with van der Waals surface area (Å²) in [4.78, 5) is 2.47. The van der Waals surface area contributed by atoms with Crippen LogP contribution in [0.5, 0.6) is 0 Å². The molecule has 0 amide bonds. The lowest BCUT2D eigenvalue weighted by atomic mass is 9.93. The van der Waals surface area contributed by atoms with Crippen molar-refractivity contribution in [2.45, 2.75) is 30.3 Å². The van der Waals surface area contributed by atoms with Gasteiger partial charge in [-0.3, -0.25) is 0 Å². The molecule has 1 fully saturated rings. The average molecular weight is 298 g/mol. The van der Waals surface area contributed by atoms with E-state index in [1.807, 2.05) is 19.1 Å². The highest BCUT2D eigenvalue weighted by atomic mass is 32.2. The zero-order valence-corrected chi connectivity index (χ0v) is 13.0. The zero-order chi connectivity index (χ0) is 15.0. The monoisotopic (exact) mass is 298 g/mol. The van der Waals surface area contributed by atoms with E-state index in [0.717, 1.165) is 31.6 Å². The van der Waals surface area contributed by atoms with E-state index in [1.165, 1.54) is 18.4 Å². The van der Waals surface area contributed by atoms with Gasteiger partial charge in [0.05, 0.1) is 10.5 Å². The molecule has 1 saturated heterocycles. The van der Waals surface area contributed by atoms with Crippen LogP contribution in [0, 0.1) is 0 Å². The topological polar surface area (TPSA) is 60.9 Å². The maximum absolute atomic E-state index is 12.0. The van der Waals surface area contributed by atoms with Gasteiger partial charge in [-0.05, 0) is 44.0 Å². The fourth-order valence-electron chi connectivity index (χ4n) is 2.29. The Bertz CT molecular complexity index is 555. The SMILES string of the molecule is CN(C)S(=O)(=O)c1ccc(N2CCC(C)(O)CC2)cc1. The first-order chi connectivity index (χ1) is 9.22. The van der Waals surface area contributed by atoms with Crippen molar-refractivity contribution in [3.8, 4) is 0 Å². The molecule has 0 aliphatic carbocycles. The van der Waals surface area contributed by atoms with Crippen LogP contribution in [0.15, 0.2) is 29.2 Å². The molecular weight excluding hydrogens is 276 g/mol. The van der Waals surface area contributed by atoms with E-state index in [9.17, 15) is 13.5 Å². The number of piperidine rings is 1. The summed E-state index contributed by atoms with van der Waals surface area (Å²) in [6, 6.07) is 6.93. The van der Waals surface area contributed by atoms with Crippen molar-refractivity contribution in [1.82, 2.24) is 4.31 Å². The number of aliphatic hydroxyl groups is 1. The van der Waals surface area contributed by atoms with Crippen LogP contribution >= 0.6 is 0 Å². The Labute approximate surface area is 120 Å². The van der Waals surface area contributed by atoms with Gasteiger partial charge in [0.1, 0.15) is 0 Å². The van der Waals surface area contributed by atoms with Crippen LogP contribution in [-0.4, -0.2) is 50.6 Å². The zero-order valence-electron chi connectivity index (χ0n) is 12.2. The Morgan fingerprint density at radius 1 is 1.15 bits per heavy atom. The largest absolute Gasteiger partial charge is 0.390 e. The van der Waals surface area contributed by atoms with Gasteiger partial charge in [0.25, 0.3) is 0 Å². The van der Waals surface area contributed by atoms with Crippen molar-refractivity contribution in [3.63, 3.8) is 0 Å². The molecule has 0 spiro atoms. The number of nitrogens with zero attached hydrogens (tertiary/aromatic N) is 2. The molecule has 1 aromatic rings. The Kier molecular flexibility index (Phi) is 4.09. The van der Waals surface area contributed by atoms with E-state index < -0.39 is 15.6 Å². The van der Waals surface area contributed by atoms with Gasteiger partial charge in [-0.15, -0.1) is 0 Å². The smallest absolute Gasteiger partial charge is 0.242 e. The van der Waals surface area contributed by atoms with E-state index in [4.69, 9.17) is 0 Å². The van der Waals surface area contributed by atoms with Crippen LogP contribution in [0.3, 0.4) is 0 Å². The Hall–Kier alpha value is -1.11. The summed E-state index contributed by atoms with van der Waals surface area (Å²) in [5.74, 6) is 0. The van der Waals surface area contributed by atoms with Crippen molar-refractivity contribution in [2.75, 3.05) is 32.1 Å². The van der Waals surface area contributed by atoms with E-state index >= 15 is 0 Å². The summed E-state index contributed by atoms with van der Waals surface area (Å²) >= 11 is 0. The lowest BCUT2D eigenvalue weighted by molar-refractivity contribution is 0.0351. The molecule has 0 atom stereocenters. The third-order valence-electron chi connectivity index (χ3n) is 3.82. The first-order valence-corrected chi connectivity index (χ1v) is 8.16. The molecule has 112 valence electrons. The van der Waals surface area contributed by atoms with E-state index in [0.29, 0.717) is 4.90 Å². The third kappa shape index (κ3) is 3.13. The average Bonchev–Trinajstić information content (AvgIpc) is 2.38. The highest BCUT2D eigenvalue weighted by Gasteiger charge is 2.27. The lowest BCUT2D eigenvalue weighted by Gasteiger charge is -2.37. The molecule has 1 heterocycles. The standard InChI is InChI=1S/C14H22N2O3S/c1-14(17)8-10-16(11-9-14)12-4-6-13(7-5-12)20(18,19)15(2)3/h4-7,17H,8-11H2,1-3H3. The molecule has 6 heteroatoms. The minimum absolute atomic E-state index is 0.301. The number of sulfonamides is 1. The van der Waals surface area contributed by atoms with E-state index in [2.05, 4.69) is 4.90 Å². The second-order valence-electron chi connectivity index (χ2n) is 5.77. The molecule has 20 heavy (non-hydrogen) atoms. The maximum atomic E-state index is 12.0. The molecule has 0 bridgehead atoms. The number of anilines is 1. The van der Waals surface area contributed by atoms with Crippen LogP contribution < -0.4 is 4.90 Å². The Morgan fingerprint density at radius 2 is 1.65 bits per heavy atom. The summed E-state index contributed by atoms with van der Waals surface area (Å²) in [7, 11) is -0.321. The molecule has 1 N–H and O–H groups in total. The van der Waals surface area contributed by atoms with Crippen LogP contribution in [0.1, 0.15) is 19.8 Å². The predicted octanol–water partition coefficient (Wildman–Crippen LogP) is 1.29. The van der Waals surface area contributed by atoms with Gasteiger partial charge in [0.2, 0.25) is 10.0 Å². The molecule has 1 aliphatic rings. The first-order valence-electron chi connectivity index (χ1n) is 6.72. The molecule has 0 unspecified atom stereocenters. The second kappa shape index (κ2) is 5.35. The Balaban J connectivity index is 2.14. The Morgan fingerprint density at radius 3 is 2.10 bits per heavy atom. The van der Waals surface area contributed by atoms with Gasteiger partial charge < -0.3 is 10.0 Å². The molecule has 1 aliphatic heterocycles. The fourth-order valence-corrected chi connectivity index (χ4v) is 3.19. The van der Waals surface area contributed by atoms with Gasteiger partial charge in [0.15, 0.2) is 0 Å². The molecule has 0 saturated carbocycles. The van der Waals surface area contributed by atoms with Crippen molar-refractivity contribution < 1.29 is 13.5 Å². The normalized spacial score (nSPS) is 19.4. The minimum atomic E-state index is -3.37. The lowest BCUT2D eigenvalue weighted by Crippen LogP contribution is -2.42. The molecule has 5 nitrogen and oxygen atoms in total. The summed E-state index contributed by atoms with van der Waals surface area (Å²) < 4.78 is 25.2. The van der Waals surface area contributed by atoms with Crippen LogP contribution in [-0.2, 0) is 10.0 Å². The maximum Gasteiger partial charge on any atom is 0.242 e. The highest BCUT2D eigenvalue weighted by Crippen LogP contribution is 2.26. The van der Waals surface area contributed by atoms with Gasteiger partial charge >= 0.3 is 0 Å². The molecule has 1 aromatic carbocycles. The quantitative estimate of drug-likeness (QED) is 0.913. The third-order valence-corrected chi connectivity index (χ3v) is 5.65. The molecular formula is C14H22N2O3S. The van der Waals surface area contributed by atoms with Crippen molar-refractivity contribution >= 4 is 15.7 Å².